The summed E-state index contributed by atoms with van der Waals surface area (Å²) in [5, 5.41) is 0. The van der Waals surface area contributed by atoms with E-state index in [2.05, 4.69) is 62.5 Å². The van der Waals surface area contributed by atoms with Crippen molar-refractivity contribution in [2.45, 2.75) is 168 Å². The van der Waals surface area contributed by atoms with Crippen molar-refractivity contribution in [1.29, 1.82) is 0 Å². The van der Waals surface area contributed by atoms with Crippen molar-refractivity contribution in [3.63, 3.8) is 0 Å². The molecule has 0 bridgehead atoms. The molecule has 0 aromatic heterocycles. The van der Waals surface area contributed by atoms with E-state index in [0.29, 0.717) is 6.42 Å². The molecule has 0 aliphatic rings. The summed E-state index contributed by atoms with van der Waals surface area (Å²) in [4.78, 5) is 22.4. The number of esters is 1. The highest BCUT2D eigenvalue weighted by molar-refractivity contribution is 7.47. The molecule has 9 heteroatoms. The fourth-order valence-electron chi connectivity index (χ4n) is 5.07. The molecular formula is C41H74NO7P. The highest BCUT2D eigenvalue weighted by Crippen LogP contribution is 2.43. The van der Waals surface area contributed by atoms with Gasteiger partial charge in [-0.3, -0.25) is 13.8 Å². The smallest absolute Gasteiger partial charge is 0.472 e. The van der Waals surface area contributed by atoms with Gasteiger partial charge in [0.1, 0.15) is 6.61 Å². The Morgan fingerprint density at radius 2 is 1.08 bits per heavy atom. The summed E-state index contributed by atoms with van der Waals surface area (Å²) in [5.41, 5.74) is 5.35. The lowest BCUT2D eigenvalue weighted by atomic mass is 10.0. The minimum Gasteiger partial charge on any atom is -0.498 e. The number of unbranched alkanes of at least 4 members (excludes halogenated alkanes) is 16. The maximum absolute atomic E-state index is 12.5. The lowest BCUT2D eigenvalue weighted by Crippen LogP contribution is -2.27. The van der Waals surface area contributed by atoms with Crippen molar-refractivity contribution in [1.82, 2.24) is 0 Å². The standard InChI is InChI=1S/C41H74NO7P/c1-3-5-7-9-11-13-15-17-19-20-21-22-24-26-28-30-32-34-41(43)49-40(39-48-50(44,45)47-37-35-42)38-46-36-33-31-29-27-25-23-18-16-14-12-10-8-6-4-2/h11,13,17,19,21-22,26,28,33,36,40H,3-10,12,14-16,18,20,23-25,27,29-32,34-35,37-39,42H2,1-2H3,(H,44,45)/b13-11-,19-17-,22-21-,28-26-,36-33-/t40-/m1/s1. The highest BCUT2D eigenvalue weighted by atomic mass is 31.2. The second-order valence-corrected chi connectivity index (χ2v) is 14.3. The van der Waals surface area contributed by atoms with Crippen molar-refractivity contribution in [2.24, 2.45) is 5.73 Å². The summed E-state index contributed by atoms with van der Waals surface area (Å²) >= 11 is 0. The molecule has 8 nitrogen and oxygen atoms in total. The lowest BCUT2D eigenvalue weighted by molar-refractivity contribution is -0.153. The van der Waals surface area contributed by atoms with Crippen LogP contribution in [0.4, 0.5) is 0 Å². The van der Waals surface area contributed by atoms with E-state index in [1.165, 1.54) is 96.3 Å². The highest BCUT2D eigenvalue weighted by Gasteiger charge is 2.25. The molecule has 0 rings (SSSR count). The summed E-state index contributed by atoms with van der Waals surface area (Å²) in [7, 11) is -4.30. The van der Waals surface area contributed by atoms with E-state index in [9.17, 15) is 14.3 Å². The van der Waals surface area contributed by atoms with Gasteiger partial charge in [0, 0.05) is 13.0 Å². The largest absolute Gasteiger partial charge is 0.498 e. The van der Waals surface area contributed by atoms with Crippen LogP contribution in [0.15, 0.2) is 60.9 Å². The first kappa shape index (κ1) is 48.0. The van der Waals surface area contributed by atoms with E-state index >= 15 is 0 Å². The van der Waals surface area contributed by atoms with Gasteiger partial charge in [-0.05, 0) is 63.9 Å². The minimum atomic E-state index is -4.30. The number of phosphoric acid groups is 1. The van der Waals surface area contributed by atoms with Gasteiger partial charge in [-0.2, -0.15) is 0 Å². The normalized spacial score (nSPS) is 14.2. The molecule has 0 radical (unpaired) electrons. The molecule has 0 saturated carbocycles. The molecule has 3 N–H and O–H groups in total. The first-order chi connectivity index (χ1) is 24.4. The second kappa shape index (κ2) is 38.3. The Kier molecular flexibility index (Phi) is 36.8. The zero-order chi connectivity index (χ0) is 36.6. The number of hydrogen-bond donors (Lipinski definition) is 2. The third-order valence-corrected chi connectivity index (χ3v) is 8.99. The number of allylic oxidation sites excluding steroid dienone is 9. The van der Waals surface area contributed by atoms with Crippen molar-refractivity contribution in [3.8, 4) is 0 Å². The molecule has 50 heavy (non-hydrogen) atoms. The average Bonchev–Trinajstić information content (AvgIpc) is 3.10. The lowest BCUT2D eigenvalue weighted by Gasteiger charge is -2.19. The Labute approximate surface area is 306 Å². The number of phosphoric ester groups is 1. The topological polar surface area (TPSA) is 117 Å². The Hall–Kier alpha value is -1.96. The number of rotatable bonds is 37. The van der Waals surface area contributed by atoms with Gasteiger partial charge in [0.05, 0.1) is 19.5 Å². The predicted molar refractivity (Wildman–Crippen MR) is 210 cm³/mol. The van der Waals surface area contributed by atoms with E-state index in [1.54, 1.807) is 6.26 Å². The fourth-order valence-corrected chi connectivity index (χ4v) is 5.84. The molecule has 0 fully saturated rings. The molecule has 290 valence electrons. The zero-order valence-corrected chi connectivity index (χ0v) is 32.8. The Balaban J connectivity index is 4.25. The van der Waals surface area contributed by atoms with E-state index in [1.807, 2.05) is 6.08 Å². The Bertz CT molecular complexity index is 947. The van der Waals surface area contributed by atoms with Crippen LogP contribution in [-0.2, 0) is 27.9 Å². The van der Waals surface area contributed by atoms with E-state index in [4.69, 9.17) is 24.3 Å². The molecule has 0 saturated heterocycles. The van der Waals surface area contributed by atoms with E-state index < -0.39 is 19.9 Å². The molecule has 0 aromatic rings. The van der Waals surface area contributed by atoms with E-state index in [-0.39, 0.29) is 32.8 Å². The van der Waals surface area contributed by atoms with Crippen molar-refractivity contribution < 1.29 is 32.8 Å². The monoisotopic (exact) mass is 724 g/mol. The first-order valence-corrected chi connectivity index (χ1v) is 21.3. The number of carbonyl (C=O) groups is 1. The van der Waals surface area contributed by atoms with Crippen LogP contribution in [0.1, 0.15) is 162 Å². The molecule has 0 amide bonds. The van der Waals surface area contributed by atoms with Crippen molar-refractivity contribution in [2.75, 3.05) is 26.4 Å². The molecule has 0 heterocycles. The zero-order valence-electron chi connectivity index (χ0n) is 31.9. The van der Waals surface area contributed by atoms with Crippen LogP contribution in [0.25, 0.3) is 0 Å². The van der Waals surface area contributed by atoms with Crippen LogP contribution < -0.4 is 5.73 Å². The maximum Gasteiger partial charge on any atom is 0.472 e. The van der Waals surface area contributed by atoms with Gasteiger partial charge in [-0.1, -0.05) is 146 Å². The van der Waals surface area contributed by atoms with Gasteiger partial charge >= 0.3 is 13.8 Å². The van der Waals surface area contributed by atoms with Gasteiger partial charge in [0.15, 0.2) is 6.10 Å². The van der Waals surface area contributed by atoms with Gasteiger partial charge in [-0.15, -0.1) is 0 Å². The van der Waals surface area contributed by atoms with Crippen LogP contribution in [0.3, 0.4) is 0 Å². The molecule has 0 aliphatic carbocycles. The summed E-state index contributed by atoms with van der Waals surface area (Å²) in [6.45, 7) is 4.13. The molecular weight excluding hydrogens is 649 g/mol. The van der Waals surface area contributed by atoms with Crippen LogP contribution >= 0.6 is 7.82 Å². The van der Waals surface area contributed by atoms with Crippen molar-refractivity contribution >= 4 is 13.8 Å². The quantitative estimate of drug-likeness (QED) is 0.0214. The Morgan fingerprint density at radius 3 is 1.64 bits per heavy atom. The fraction of sp³-hybridized carbons (Fsp3) is 0.732. The number of nitrogens with two attached hydrogens (primary N) is 1. The second-order valence-electron chi connectivity index (χ2n) is 12.9. The van der Waals surface area contributed by atoms with Gasteiger partial charge in [0.2, 0.25) is 0 Å². The maximum atomic E-state index is 12.5. The van der Waals surface area contributed by atoms with Crippen LogP contribution in [0.2, 0.25) is 0 Å². The third-order valence-electron chi connectivity index (χ3n) is 8.00. The summed E-state index contributed by atoms with van der Waals surface area (Å²) in [5.74, 6) is -0.408. The summed E-state index contributed by atoms with van der Waals surface area (Å²) in [6.07, 6.45) is 46.2. The number of hydrogen-bond acceptors (Lipinski definition) is 7. The molecule has 2 atom stereocenters. The third kappa shape index (κ3) is 37.3. The summed E-state index contributed by atoms with van der Waals surface area (Å²) < 4.78 is 33.0. The minimum absolute atomic E-state index is 0.00868. The molecule has 1 unspecified atom stereocenters. The molecule has 0 spiro atoms. The summed E-state index contributed by atoms with van der Waals surface area (Å²) in [6, 6.07) is 0. The van der Waals surface area contributed by atoms with Crippen LogP contribution in [-0.4, -0.2) is 43.3 Å². The van der Waals surface area contributed by atoms with Gasteiger partial charge in [-0.25, -0.2) is 4.57 Å². The van der Waals surface area contributed by atoms with Gasteiger partial charge in [0.25, 0.3) is 0 Å². The average molecular weight is 724 g/mol. The molecule has 0 aromatic carbocycles. The van der Waals surface area contributed by atoms with Gasteiger partial charge < -0.3 is 20.1 Å². The van der Waals surface area contributed by atoms with Crippen LogP contribution in [0.5, 0.6) is 0 Å². The van der Waals surface area contributed by atoms with E-state index in [0.717, 1.165) is 38.5 Å². The first-order valence-electron chi connectivity index (χ1n) is 19.8. The predicted octanol–water partition coefficient (Wildman–Crippen LogP) is 11.8. The Morgan fingerprint density at radius 1 is 0.620 bits per heavy atom. The molecule has 0 aliphatic heterocycles. The van der Waals surface area contributed by atoms with Crippen molar-refractivity contribution in [3.05, 3.63) is 60.9 Å². The number of ether oxygens (including phenoxy) is 2. The number of carbonyl (C=O) groups excluding carboxylic acids is 1. The SMILES string of the molecule is CCCCC/C=C\C/C=C\C/C=C\C/C=C\CCCC(=O)O[C@H](CO/C=C\CCCCCCCCCCCCCC)COP(=O)(O)OCCN. The van der Waals surface area contributed by atoms with Crippen LogP contribution in [0, 0.1) is 0 Å².